The zero-order chi connectivity index (χ0) is 11.1. The predicted octanol–water partition coefficient (Wildman–Crippen LogP) is 1.13. The van der Waals surface area contributed by atoms with Crippen LogP contribution in [-0.2, 0) is 0 Å². The lowest BCUT2D eigenvalue weighted by Crippen LogP contribution is -2.12. The van der Waals surface area contributed by atoms with E-state index in [1.807, 2.05) is 0 Å². The Morgan fingerprint density at radius 1 is 1.47 bits per heavy atom. The topological polar surface area (TPSA) is 73.6 Å². The van der Waals surface area contributed by atoms with E-state index in [0.29, 0.717) is 12.4 Å². The first kappa shape index (κ1) is 11.6. The number of benzene rings is 1. The Bertz CT molecular complexity index is 346. The van der Waals surface area contributed by atoms with E-state index < -0.39 is 0 Å². The van der Waals surface area contributed by atoms with Gasteiger partial charge in [0.15, 0.2) is 16.7 Å². The third-order valence-corrected chi connectivity index (χ3v) is 2.33. The van der Waals surface area contributed by atoms with Gasteiger partial charge in [-0.25, -0.2) is 4.39 Å². The lowest BCUT2D eigenvalue weighted by atomic mass is 10.3. The highest BCUT2D eigenvalue weighted by atomic mass is 32.2. The number of thioether (sulfide) groups is 1. The van der Waals surface area contributed by atoms with Gasteiger partial charge in [0.1, 0.15) is 0 Å². The first-order valence-corrected chi connectivity index (χ1v) is 5.26. The van der Waals surface area contributed by atoms with Crippen LogP contribution in [0, 0.1) is 5.82 Å². The van der Waals surface area contributed by atoms with Gasteiger partial charge in [-0.2, -0.15) is 5.10 Å². The fraction of sp³-hybridized carbons (Fsp3) is 0.222. The van der Waals surface area contributed by atoms with Crippen LogP contribution in [0.2, 0.25) is 0 Å². The highest BCUT2D eigenvalue weighted by molar-refractivity contribution is 8.13. The van der Waals surface area contributed by atoms with E-state index in [0.717, 1.165) is 0 Å². The molecule has 82 valence electrons. The van der Waals surface area contributed by atoms with Gasteiger partial charge in [-0.15, -0.1) is 0 Å². The number of nitrogens with zero attached hydrogens (tertiary/aromatic N) is 1. The number of hydrogen-bond acceptors (Lipinski definition) is 4. The van der Waals surface area contributed by atoms with Crippen molar-refractivity contribution in [2.24, 2.45) is 16.7 Å². The maximum absolute atomic E-state index is 13.0. The van der Waals surface area contributed by atoms with E-state index >= 15 is 0 Å². The molecule has 1 aromatic rings. The normalized spacial score (nSPS) is 11.4. The van der Waals surface area contributed by atoms with Crippen molar-refractivity contribution < 1.29 is 9.13 Å². The van der Waals surface area contributed by atoms with Crippen molar-refractivity contribution in [3.05, 3.63) is 30.1 Å². The van der Waals surface area contributed by atoms with Crippen LogP contribution in [0.15, 0.2) is 29.4 Å². The maximum Gasteiger partial charge on any atom is 0.177 e. The molecule has 4 N–H and O–H groups in total. The molecular weight excluding hydrogens is 217 g/mol. The predicted molar refractivity (Wildman–Crippen MR) is 60.2 cm³/mol. The van der Waals surface area contributed by atoms with Crippen LogP contribution >= 0.6 is 11.8 Å². The molecular formula is C9H12FN3OS. The zero-order valence-corrected chi connectivity index (χ0v) is 8.84. The van der Waals surface area contributed by atoms with Crippen molar-refractivity contribution in [2.75, 3.05) is 12.4 Å². The molecule has 0 aromatic heterocycles. The van der Waals surface area contributed by atoms with Gasteiger partial charge < -0.3 is 16.3 Å². The van der Waals surface area contributed by atoms with Gasteiger partial charge >= 0.3 is 0 Å². The van der Waals surface area contributed by atoms with Crippen molar-refractivity contribution in [3.8, 4) is 5.75 Å². The molecule has 0 bridgehead atoms. The maximum atomic E-state index is 13.0. The number of halogens is 1. The average Bonchev–Trinajstić information content (AvgIpc) is 2.26. The molecule has 0 atom stereocenters. The summed E-state index contributed by atoms with van der Waals surface area (Å²) in [5.41, 5.74) is 5.34. The summed E-state index contributed by atoms with van der Waals surface area (Å²) in [6.07, 6.45) is 0. The largest absolute Gasteiger partial charge is 0.490 e. The van der Waals surface area contributed by atoms with Crippen LogP contribution in [0.25, 0.3) is 0 Å². The molecule has 0 spiro atoms. The summed E-state index contributed by atoms with van der Waals surface area (Å²) in [6, 6.07) is 6.23. The smallest absolute Gasteiger partial charge is 0.177 e. The Morgan fingerprint density at radius 3 is 2.87 bits per heavy atom. The van der Waals surface area contributed by atoms with Crippen LogP contribution in [0.1, 0.15) is 0 Å². The third kappa shape index (κ3) is 4.07. The first-order chi connectivity index (χ1) is 7.24. The molecule has 15 heavy (non-hydrogen) atoms. The summed E-state index contributed by atoms with van der Waals surface area (Å²) in [4.78, 5) is 0. The summed E-state index contributed by atoms with van der Waals surface area (Å²) in [5, 5.41) is 3.56. The van der Waals surface area contributed by atoms with Crippen molar-refractivity contribution in [2.45, 2.75) is 0 Å². The van der Waals surface area contributed by atoms with Gasteiger partial charge in [-0.3, -0.25) is 0 Å². The van der Waals surface area contributed by atoms with Crippen molar-refractivity contribution >= 4 is 16.9 Å². The van der Waals surface area contributed by atoms with E-state index in [1.54, 1.807) is 18.2 Å². The quantitative estimate of drug-likeness (QED) is 0.267. The summed E-state index contributed by atoms with van der Waals surface area (Å²) in [6.45, 7) is 0.349. The molecule has 1 rings (SSSR count). The van der Waals surface area contributed by atoms with Crippen molar-refractivity contribution in [1.29, 1.82) is 0 Å². The molecule has 0 amide bonds. The molecule has 0 saturated carbocycles. The second-order valence-corrected chi connectivity index (χ2v) is 3.71. The van der Waals surface area contributed by atoms with Gasteiger partial charge in [-0.05, 0) is 12.1 Å². The van der Waals surface area contributed by atoms with Crippen molar-refractivity contribution in [1.82, 2.24) is 0 Å². The Hall–Kier alpha value is -1.43. The van der Waals surface area contributed by atoms with E-state index in [1.165, 1.54) is 17.8 Å². The summed E-state index contributed by atoms with van der Waals surface area (Å²) < 4.78 is 18.2. The standard InChI is InChI=1S/C9H12FN3OS/c10-7-3-1-2-4-8(7)14-5-6-15-9(11)13-12/h1-4H,5-6,12H2,(H2,11,13). The number of ether oxygens (including phenoxy) is 1. The number of hydrogen-bond donors (Lipinski definition) is 2. The fourth-order valence-electron chi connectivity index (χ4n) is 0.897. The first-order valence-electron chi connectivity index (χ1n) is 4.27. The van der Waals surface area contributed by atoms with E-state index in [-0.39, 0.29) is 16.7 Å². The van der Waals surface area contributed by atoms with Gasteiger partial charge in [0, 0.05) is 5.75 Å². The molecule has 0 aliphatic heterocycles. The highest BCUT2D eigenvalue weighted by Gasteiger charge is 2.01. The molecule has 0 heterocycles. The fourth-order valence-corrected chi connectivity index (χ4v) is 1.35. The molecule has 0 saturated heterocycles. The Kier molecular flexibility index (Phi) is 4.76. The lowest BCUT2D eigenvalue weighted by Gasteiger charge is -2.05. The minimum atomic E-state index is -0.372. The minimum Gasteiger partial charge on any atom is -0.490 e. The number of para-hydroxylation sites is 1. The monoisotopic (exact) mass is 229 g/mol. The minimum absolute atomic E-state index is 0.237. The Balaban J connectivity index is 2.29. The molecule has 0 aliphatic carbocycles. The number of amidine groups is 1. The second kappa shape index (κ2) is 6.13. The molecule has 0 unspecified atom stereocenters. The summed E-state index contributed by atoms with van der Waals surface area (Å²) in [7, 11) is 0. The number of nitrogens with two attached hydrogens (primary N) is 2. The van der Waals surface area contributed by atoms with Gasteiger partial charge in [0.2, 0.25) is 0 Å². The molecule has 1 aromatic carbocycles. The molecule has 0 fully saturated rings. The number of hydrazone groups is 1. The third-order valence-electron chi connectivity index (χ3n) is 1.55. The average molecular weight is 229 g/mol. The van der Waals surface area contributed by atoms with Gasteiger partial charge in [0.05, 0.1) is 6.61 Å². The SMILES string of the molecule is NN=C(N)SCCOc1ccccc1F. The van der Waals surface area contributed by atoms with Crippen LogP contribution in [0.3, 0.4) is 0 Å². The molecule has 0 aliphatic rings. The van der Waals surface area contributed by atoms with Gasteiger partial charge in [-0.1, -0.05) is 23.9 Å². The molecule has 4 nitrogen and oxygen atoms in total. The summed E-state index contributed by atoms with van der Waals surface area (Å²) in [5.74, 6) is 5.37. The Morgan fingerprint density at radius 2 is 2.20 bits per heavy atom. The van der Waals surface area contributed by atoms with Crippen LogP contribution in [0.5, 0.6) is 5.75 Å². The lowest BCUT2D eigenvalue weighted by molar-refractivity contribution is 0.325. The second-order valence-electron chi connectivity index (χ2n) is 2.59. The highest BCUT2D eigenvalue weighted by Crippen LogP contribution is 2.15. The van der Waals surface area contributed by atoms with Crippen LogP contribution in [-0.4, -0.2) is 17.5 Å². The van der Waals surface area contributed by atoms with E-state index in [4.69, 9.17) is 16.3 Å². The zero-order valence-electron chi connectivity index (χ0n) is 8.02. The molecule has 0 radical (unpaired) electrons. The summed E-state index contributed by atoms with van der Waals surface area (Å²) >= 11 is 1.26. The Labute approximate surface area is 91.5 Å². The van der Waals surface area contributed by atoms with E-state index in [9.17, 15) is 4.39 Å². The van der Waals surface area contributed by atoms with Crippen molar-refractivity contribution in [3.63, 3.8) is 0 Å². The van der Waals surface area contributed by atoms with Crippen LogP contribution in [0.4, 0.5) is 4.39 Å². The van der Waals surface area contributed by atoms with Crippen LogP contribution < -0.4 is 16.3 Å². The molecule has 6 heteroatoms. The van der Waals surface area contributed by atoms with E-state index in [2.05, 4.69) is 5.10 Å². The van der Waals surface area contributed by atoms with Gasteiger partial charge in [0.25, 0.3) is 0 Å². The number of rotatable bonds is 4.